The molecule has 7 atom stereocenters. The third-order valence-electron chi connectivity index (χ3n) is 11.1. The number of nitroso groups, excluding NO2 is 1. The highest BCUT2D eigenvalue weighted by molar-refractivity contribution is 5.82. The number of fused-ring (bicyclic) bond motifs is 4. The number of benzene rings is 1. The van der Waals surface area contributed by atoms with Crippen molar-refractivity contribution in [1.29, 1.82) is 0 Å². The first kappa shape index (κ1) is 28.3. The number of aliphatic hydroxyl groups is 1. The summed E-state index contributed by atoms with van der Waals surface area (Å²) in [7, 11) is 0. The average molecular weight is 559 g/mol. The highest BCUT2D eigenvalue weighted by atomic mass is 19.1. The molecule has 2 unspecified atom stereocenters. The number of rotatable bonds is 6. The lowest BCUT2D eigenvalue weighted by atomic mass is 9.51. The SMILES string of the molecule is C[C@]12C[C@H](c3ccc(N4CCCCC4)cc3)C3=C4CCC(N=O)C=C4C(F)C[C@H]3[C@@H]1CC[C@@H]2C(=O)CCC#CCO. The van der Waals surface area contributed by atoms with E-state index in [9.17, 15) is 9.70 Å². The third-order valence-corrected chi connectivity index (χ3v) is 11.1. The highest BCUT2D eigenvalue weighted by Gasteiger charge is 2.58. The predicted octanol–water partition coefficient (Wildman–Crippen LogP) is 7.05. The molecule has 0 amide bonds. The summed E-state index contributed by atoms with van der Waals surface area (Å²) in [5.41, 5.74) is 5.55. The molecule has 1 aromatic carbocycles. The Morgan fingerprint density at radius 3 is 2.63 bits per heavy atom. The van der Waals surface area contributed by atoms with E-state index in [1.807, 2.05) is 0 Å². The monoisotopic (exact) mass is 558 g/mol. The first-order chi connectivity index (χ1) is 19.9. The van der Waals surface area contributed by atoms with Crippen LogP contribution in [0.15, 0.2) is 52.2 Å². The Labute approximate surface area is 243 Å². The molecule has 1 N–H and O–H groups in total. The molecule has 218 valence electrons. The number of Topliss-reactive ketones (excluding diaryl/α,β-unsaturated/α-hetero) is 1. The summed E-state index contributed by atoms with van der Waals surface area (Å²) in [4.78, 5) is 27.4. The molecule has 0 radical (unpaired) electrons. The second kappa shape index (κ2) is 11.8. The van der Waals surface area contributed by atoms with Crippen molar-refractivity contribution in [3.05, 3.63) is 57.5 Å². The van der Waals surface area contributed by atoms with Crippen molar-refractivity contribution in [2.75, 3.05) is 24.6 Å². The summed E-state index contributed by atoms with van der Waals surface area (Å²) >= 11 is 0. The van der Waals surface area contributed by atoms with Gasteiger partial charge in [-0.15, -0.1) is 5.92 Å². The van der Waals surface area contributed by atoms with Crippen molar-refractivity contribution < 1.29 is 14.3 Å². The van der Waals surface area contributed by atoms with E-state index in [0.29, 0.717) is 37.7 Å². The number of hydrogen-bond donors (Lipinski definition) is 1. The van der Waals surface area contributed by atoms with Crippen molar-refractivity contribution in [3.63, 3.8) is 0 Å². The standard InChI is InChI=1S/C35H43FN2O3/c1-35-22-29(23-9-12-25(13-10-23)38-17-5-3-6-18-38)34-26-14-11-24(37-41)20-27(26)32(36)21-28(34)30(35)15-16-31(35)33(40)8-4-2-7-19-39/h9-10,12-13,20,24,28-32,39H,3-6,8,11,14-19,21-22H2,1H3/t24?,28-,29+,30-,31+,32?,35-/m0/s1. The lowest BCUT2D eigenvalue weighted by molar-refractivity contribution is -0.127. The van der Waals surface area contributed by atoms with Crippen LogP contribution < -0.4 is 4.90 Å². The molecule has 5 nitrogen and oxygen atoms in total. The topological polar surface area (TPSA) is 70.0 Å². The van der Waals surface area contributed by atoms with Gasteiger partial charge in [0.15, 0.2) is 0 Å². The van der Waals surface area contributed by atoms with Gasteiger partial charge in [-0.25, -0.2) is 4.39 Å². The molecule has 0 bridgehead atoms. The van der Waals surface area contributed by atoms with Gasteiger partial charge in [-0.2, -0.15) is 4.91 Å². The Morgan fingerprint density at radius 2 is 1.90 bits per heavy atom. The molecule has 2 saturated carbocycles. The number of halogens is 1. The summed E-state index contributed by atoms with van der Waals surface area (Å²) in [6.45, 7) is 4.32. The maximum atomic E-state index is 15.9. The lowest BCUT2D eigenvalue weighted by Crippen LogP contribution is -2.46. The van der Waals surface area contributed by atoms with Crippen LogP contribution in [0.5, 0.6) is 0 Å². The van der Waals surface area contributed by atoms with E-state index < -0.39 is 12.2 Å². The molecule has 1 aromatic rings. The number of allylic oxidation sites excluding steroid dienone is 3. The zero-order chi connectivity index (χ0) is 28.6. The zero-order valence-electron chi connectivity index (χ0n) is 24.3. The van der Waals surface area contributed by atoms with Crippen LogP contribution in [0.4, 0.5) is 10.1 Å². The second-order valence-electron chi connectivity index (χ2n) is 13.2. The van der Waals surface area contributed by atoms with Crippen LogP contribution in [0.3, 0.4) is 0 Å². The largest absolute Gasteiger partial charge is 0.384 e. The van der Waals surface area contributed by atoms with E-state index in [2.05, 4.69) is 53.1 Å². The summed E-state index contributed by atoms with van der Waals surface area (Å²) < 4.78 is 15.9. The van der Waals surface area contributed by atoms with Gasteiger partial charge in [0.25, 0.3) is 0 Å². The Kier molecular flexibility index (Phi) is 8.19. The molecule has 0 spiro atoms. The van der Waals surface area contributed by atoms with E-state index in [1.54, 1.807) is 6.08 Å². The van der Waals surface area contributed by atoms with Gasteiger partial charge in [-0.05, 0) is 104 Å². The number of ketones is 1. The molecule has 1 saturated heterocycles. The third kappa shape index (κ3) is 5.20. The quantitative estimate of drug-likeness (QED) is 0.300. The maximum absolute atomic E-state index is 15.9. The van der Waals surface area contributed by atoms with E-state index in [0.717, 1.165) is 37.9 Å². The van der Waals surface area contributed by atoms with Gasteiger partial charge >= 0.3 is 0 Å². The molecule has 3 fully saturated rings. The van der Waals surface area contributed by atoms with Crippen molar-refractivity contribution in [1.82, 2.24) is 0 Å². The minimum atomic E-state index is -1.09. The van der Waals surface area contributed by atoms with Crippen LogP contribution in [-0.4, -0.2) is 42.8 Å². The molecule has 4 aliphatic carbocycles. The Hall–Kier alpha value is -2.78. The van der Waals surface area contributed by atoms with Crippen LogP contribution in [0.1, 0.15) is 89.0 Å². The molecule has 5 aliphatic rings. The van der Waals surface area contributed by atoms with Gasteiger partial charge in [-0.3, -0.25) is 4.79 Å². The fourth-order valence-corrected chi connectivity index (χ4v) is 9.23. The Morgan fingerprint density at radius 1 is 1.12 bits per heavy atom. The summed E-state index contributed by atoms with van der Waals surface area (Å²) in [5, 5.41) is 12.2. The molecule has 0 aromatic heterocycles. The number of hydrogen-bond acceptors (Lipinski definition) is 5. The summed E-state index contributed by atoms with van der Waals surface area (Å²) in [6.07, 6.45) is 9.83. The molecular weight excluding hydrogens is 515 g/mol. The van der Waals surface area contributed by atoms with Crippen molar-refractivity contribution in [3.8, 4) is 11.8 Å². The summed E-state index contributed by atoms with van der Waals surface area (Å²) in [5.74, 6) is 6.31. The maximum Gasteiger partial charge on any atom is 0.137 e. The molecule has 6 heteroatoms. The molecule has 6 rings (SSSR count). The number of carbonyl (C=O) groups excluding carboxylic acids is 1. The molecule has 1 aliphatic heterocycles. The number of alkyl halides is 1. The number of carbonyl (C=O) groups is 1. The summed E-state index contributed by atoms with van der Waals surface area (Å²) in [6, 6.07) is 8.64. The average Bonchev–Trinajstić information content (AvgIpc) is 3.36. The minimum absolute atomic E-state index is 0.0462. The van der Waals surface area contributed by atoms with Crippen molar-refractivity contribution in [2.45, 2.75) is 95.7 Å². The molecular formula is C35H43FN2O3. The second-order valence-corrected chi connectivity index (χ2v) is 13.2. The van der Waals surface area contributed by atoms with Crippen LogP contribution in [0, 0.1) is 39.9 Å². The van der Waals surface area contributed by atoms with Gasteiger partial charge < -0.3 is 10.0 Å². The van der Waals surface area contributed by atoms with E-state index >= 15 is 4.39 Å². The minimum Gasteiger partial charge on any atom is -0.384 e. The van der Waals surface area contributed by atoms with Gasteiger partial charge in [0.2, 0.25) is 0 Å². The van der Waals surface area contributed by atoms with Gasteiger partial charge in [0.05, 0.1) is 0 Å². The number of nitrogens with zero attached hydrogens (tertiary/aromatic N) is 2. The van der Waals surface area contributed by atoms with Crippen molar-refractivity contribution >= 4 is 11.5 Å². The fourth-order valence-electron chi connectivity index (χ4n) is 9.23. The molecule has 1 heterocycles. The van der Waals surface area contributed by atoms with Gasteiger partial charge in [0, 0.05) is 43.5 Å². The number of anilines is 1. The normalized spacial score (nSPS) is 34.5. The highest BCUT2D eigenvalue weighted by Crippen LogP contribution is 2.66. The van der Waals surface area contributed by atoms with Crippen LogP contribution in [0.25, 0.3) is 0 Å². The first-order valence-corrected chi connectivity index (χ1v) is 15.8. The Balaban J connectivity index is 1.38. The van der Waals surface area contributed by atoms with E-state index in [-0.39, 0.29) is 41.5 Å². The fraction of sp³-hybridized carbons (Fsp3) is 0.629. The number of aliphatic hydroxyl groups excluding tert-OH is 1. The Bertz CT molecular complexity index is 1280. The van der Waals surface area contributed by atoms with E-state index in [1.165, 1.54) is 36.1 Å². The van der Waals surface area contributed by atoms with Crippen LogP contribution in [-0.2, 0) is 4.79 Å². The first-order valence-electron chi connectivity index (χ1n) is 15.8. The van der Waals surface area contributed by atoms with Gasteiger partial charge in [0.1, 0.15) is 24.6 Å². The van der Waals surface area contributed by atoms with Crippen molar-refractivity contribution in [2.24, 2.45) is 28.3 Å². The van der Waals surface area contributed by atoms with Crippen LogP contribution >= 0.6 is 0 Å². The zero-order valence-corrected chi connectivity index (χ0v) is 24.3. The number of piperidine rings is 1. The van der Waals surface area contributed by atoms with E-state index in [4.69, 9.17) is 5.11 Å². The predicted molar refractivity (Wildman–Crippen MR) is 160 cm³/mol. The smallest absolute Gasteiger partial charge is 0.137 e. The van der Waals surface area contributed by atoms with Crippen LogP contribution in [0.2, 0.25) is 0 Å². The van der Waals surface area contributed by atoms with Gasteiger partial charge in [-0.1, -0.05) is 41.8 Å². The molecule has 41 heavy (non-hydrogen) atoms. The lowest BCUT2D eigenvalue weighted by Gasteiger charge is -2.53.